The average molecular weight is 373 g/mol. The monoisotopic (exact) mass is 373 g/mol. The van der Waals surface area contributed by atoms with Crippen molar-refractivity contribution in [2.24, 2.45) is 0 Å². The number of benzene rings is 2. The van der Waals surface area contributed by atoms with Crippen molar-refractivity contribution in [2.45, 2.75) is 10.8 Å². The largest absolute Gasteiger partial charge is 0.497 e. The van der Waals surface area contributed by atoms with Gasteiger partial charge in [0, 0.05) is 17.5 Å². The molecule has 2 aromatic carbocycles. The normalized spacial score (nSPS) is 10.6. The van der Waals surface area contributed by atoms with Crippen LogP contribution >= 0.6 is 11.8 Å². The molecule has 1 aromatic heterocycles. The van der Waals surface area contributed by atoms with Crippen molar-refractivity contribution in [1.29, 1.82) is 0 Å². The summed E-state index contributed by atoms with van der Waals surface area (Å²) in [5.74, 6) is -0.392. The van der Waals surface area contributed by atoms with Crippen LogP contribution in [0.3, 0.4) is 0 Å². The molecule has 1 heterocycles. The minimum Gasteiger partial charge on any atom is -0.497 e. The highest BCUT2D eigenvalue weighted by Gasteiger charge is 2.15. The number of nitrogens with zero attached hydrogens (tertiary/aromatic N) is 1. The molecule has 0 atom stereocenters. The first-order valence-electron chi connectivity index (χ1n) is 7.86. The Hall–Kier alpha value is -2.60. The highest BCUT2D eigenvalue weighted by atomic mass is 32.2. The SMILES string of the molecule is COc1ccc(CSc2ncccc2-c2cc(F)c(OC)c(F)c2)cc1. The number of methoxy groups -OCH3 is 2. The van der Waals surface area contributed by atoms with Gasteiger partial charge in [-0.25, -0.2) is 13.8 Å². The van der Waals surface area contributed by atoms with Crippen molar-refractivity contribution in [3.63, 3.8) is 0 Å². The van der Waals surface area contributed by atoms with Crippen LogP contribution in [0.25, 0.3) is 11.1 Å². The average Bonchev–Trinajstić information content (AvgIpc) is 2.66. The van der Waals surface area contributed by atoms with Gasteiger partial charge in [-0.3, -0.25) is 0 Å². The van der Waals surface area contributed by atoms with Crippen LogP contribution in [0.15, 0.2) is 59.8 Å². The van der Waals surface area contributed by atoms with E-state index in [-0.39, 0.29) is 5.75 Å². The second-order valence-electron chi connectivity index (χ2n) is 5.47. The van der Waals surface area contributed by atoms with Gasteiger partial charge >= 0.3 is 0 Å². The van der Waals surface area contributed by atoms with Gasteiger partial charge in [0.25, 0.3) is 0 Å². The smallest absolute Gasteiger partial charge is 0.190 e. The van der Waals surface area contributed by atoms with E-state index in [1.807, 2.05) is 24.3 Å². The first kappa shape index (κ1) is 18.2. The lowest BCUT2D eigenvalue weighted by Crippen LogP contribution is -1.95. The van der Waals surface area contributed by atoms with Gasteiger partial charge in [-0.2, -0.15) is 0 Å². The molecule has 0 saturated heterocycles. The van der Waals surface area contributed by atoms with Gasteiger partial charge in [-0.05, 0) is 41.5 Å². The van der Waals surface area contributed by atoms with Crippen LogP contribution in [0.1, 0.15) is 5.56 Å². The van der Waals surface area contributed by atoms with E-state index in [4.69, 9.17) is 9.47 Å². The summed E-state index contributed by atoms with van der Waals surface area (Å²) in [6.07, 6.45) is 1.66. The Labute approximate surface area is 155 Å². The Bertz CT molecular complexity index is 878. The zero-order valence-electron chi connectivity index (χ0n) is 14.3. The molecule has 0 spiro atoms. The fourth-order valence-corrected chi connectivity index (χ4v) is 3.48. The summed E-state index contributed by atoms with van der Waals surface area (Å²) in [5.41, 5.74) is 2.19. The van der Waals surface area contributed by atoms with Crippen molar-refractivity contribution in [1.82, 2.24) is 4.98 Å². The van der Waals surface area contributed by atoms with Gasteiger partial charge in [0.15, 0.2) is 17.4 Å². The van der Waals surface area contributed by atoms with Crippen LogP contribution in [0, 0.1) is 11.6 Å². The van der Waals surface area contributed by atoms with Gasteiger partial charge < -0.3 is 9.47 Å². The number of aromatic nitrogens is 1. The molecule has 0 fully saturated rings. The molecule has 3 aromatic rings. The molecule has 3 nitrogen and oxygen atoms in total. The van der Waals surface area contributed by atoms with E-state index in [9.17, 15) is 8.78 Å². The summed E-state index contributed by atoms with van der Waals surface area (Å²) < 4.78 is 38.0. The molecule has 6 heteroatoms. The quantitative estimate of drug-likeness (QED) is 0.546. The van der Waals surface area contributed by atoms with Gasteiger partial charge in [-0.15, -0.1) is 11.8 Å². The van der Waals surface area contributed by atoms with Crippen LogP contribution in [0.2, 0.25) is 0 Å². The Morgan fingerprint density at radius 3 is 2.27 bits per heavy atom. The summed E-state index contributed by atoms with van der Waals surface area (Å²) in [6.45, 7) is 0. The highest BCUT2D eigenvalue weighted by Crippen LogP contribution is 2.34. The van der Waals surface area contributed by atoms with Crippen LogP contribution in [-0.4, -0.2) is 19.2 Å². The molecule has 0 N–H and O–H groups in total. The Morgan fingerprint density at radius 1 is 0.962 bits per heavy atom. The second-order valence-corrected chi connectivity index (χ2v) is 6.43. The summed E-state index contributed by atoms with van der Waals surface area (Å²) in [6, 6.07) is 13.8. The topological polar surface area (TPSA) is 31.4 Å². The van der Waals surface area contributed by atoms with E-state index in [0.29, 0.717) is 21.9 Å². The predicted molar refractivity (Wildman–Crippen MR) is 98.7 cm³/mol. The van der Waals surface area contributed by atoms with Crippen molar-refractivity contribution in [3.8, 4) is 22.6 Å². The molecule has 3 rings (SSSR count). The van der Waals surface area contributed by atoms with Crippen LogP contribution < -0.4 is 9.47 Å². The molecular formula is C20H17F2NO2S. The Kier molecular flexibility index (Phi) is 5.73. The fourth-order valence-electron chi connectivity index (χ4n) is 2.51. The highest BCUT2D eigenvalue weighted by molar-refractivity contribution is 7.98. The number of rotatable bonds is 6. The van der Waals surface area contributed by atoms with Crippen molar-refractivity contribution >= 4 is 11.8 Å². The minimum absolute atomic E-state index is 0.384. The number of thioether (sulfide) groups is 1. The third-order valence-corrected chi connectivity index (χ3v) is 4.90. The number of ether oxygens (including phenoxy) is 2. The fraction of sp³-hybridized carbons (Fsp3) is 0.150. The van der Waals surface area contributed by atoms with E-state index in [1.54, 1.807) is 25.4 Å². The van der Waals surface area contributed by atoms with Crippen LogP contribution in [-0.2, 0) is 5.75 Å². The summed E-state index contributed by atoms with van der Waals surface area (Å²) in [5, 5.41) is 0.701. The zero-order valence-corrected chi connectivity index (χ0v) is 15.1. The lowest BCUT2D eigenvalue weighted by Gasteiger charge is -2.11. The molecule has 0 bridgehead atoms. The zero-order chi connectivity index (χ0) is 18.5. The maximum Gasteiger partial charge on any atom is 0.190 e. The lowest BCUT2D eigenvalue weighted by molar-refractivity contribution is 0.360. The maximum absolute atomic E-state index is 14.0. The van der Waals surface area contributed by atoms with Gasteiger partial charge in [0.1, 0.15) is 10.8 Å². The first-order valence-corrected chi connectivity index (χ1v) is 8.85. The van der Waals surface area contributed by atoms with E-state index < -0.39 is 11.6 Å². The molecule has 0 aliphatic rings. The van der Waals surface area contributed by atoms with E-state index in [1.165, 1.54) is 31.0 Å². The lowest BCUT2D eigenvalue weighted by atomic mass is 10.1. The van der Waals surface area contributed by atoms with Gasteiger partial charge in [0.05, 0.1) is 14.2 Å². The Balaban J connectivity index is 1.86. The molecule has 0 amide bonds. The third kappa shape index (κ3) is 3.96. The Morgan fingerprint density at radius 2 is 1.65 bits per heavy atom. The molecule has 134 valence electrons. The molecule has 0 aliphatic carbocycles. The molecular weight excluding hydrogens is 356 g/mol. The summed E-state index contributed by atoms with van der Waals surface area (Å²) in [4.78, 5) is 4.37. The third-order valence-electron chi connectivity index (χ3n) is 3.82. The van der Waals surface area contributed by atoms with Crippen LogP contribution in [0.4, 0.5) is 8.78 Å². The number of hydrogen-bond donors (Lipinski definition) is 0. The maximum atomic E-state index is 14.0. The summed E-state index contributed by atoms with van der Waals surface area (Å²) in [7, 11) is 2.86. The standard InChI is InChI=1S/C20H17F2NO2S/c1-24-15-7-5-13(6-8-15)12-26-20-16(4-3-9-23-20)14-10-17(21)19(25-2)18(22)11-14/h3-11H,12H2,1-2H3. The first-order chi connectivity index (χ1) is 12.6. The van der Waals surface area contributed by atoms with Crippen molar-refractivity contribution < 1.29 is 18.3 Å². The van der Waals surface area contributed by atoms with Crippen LogP contribution in [0.5, 0.6) is 11.5 Å². The molecule has 26 heavy (non-hydrogen) atoms. The van der Waals surface area contributed by atoms with E-state index >= 15 is 0 Å². The van der Waals surface area contributed by atoms with Crippen molar-refractivity contribution in [3.05, 3.63) is 71.9 Å². The minimum atomic E-state index is -0.738. The predicted octanol–water partition coefficient (Wildman–Crippen LogP) is 5.34. The van der Waals surface area contributed by atoms with Gasteiger partial charge in [-0.1, -0.05) is 18.2 Å². The second kappa shape index (κ2) is 8.19. The molecule has 0 unspecified atom stereocenters. The van der Waals surface area contributed by atoms with Crippen molar-refractivity contribution in [2.75, 3.05) is 14.2 Å². The van der Waals surface area contributed by atoms with Gasteiger partial charge in [0.2, 0.25) is 0 Å². The van der Waals surface area contributed by atoms with E-state index in [2.05, 4.69) is 4.98 Å². The number of pyridine rings is 1. The number of halogens is 2. The van der Waals surface area contributed by atoms with E-state index in [0.717, 1.165) is 11.3 Å². The summed E-state index contributed by atoms with van der Waals surface area (Å²) >= 11 is 1.50. The molecule has 0 saturated carbocycles. The molecule has 0 radical (unpaired) electrons. The molecule has 0 aliphatic heterocycles. The number of hydrogen-bond acceptors (Lipinski definition) is 4.